The molecule has 1 saturated carbocycles. The van der Waals surface area contributed by atoms with Crippen molar-refractivity contribution < 1.29 is 24.2 Å². The predicted molar refractivity (Wildman–Crippen MR) is 96.0 cm³/mol. The number of aromatic nitrogens is 2. The van der Waals surface area contributed by atoms with Gasteiger partial charge >= 0.3 is 6.01 Å². The summed E-state index contributed by atoms with van der Waals surface area (Å²) in [5.74, 6) is -0.460. The second kappa shape index (κ2) is 8.16. The van der Waals surface area contributed by atoms with Crippen molar-refractivity contribution in [2.45, 2.75) is 38.5 Å². The molecule has 8 heteroatoms. The summed E-state index contributed by atoms with van der Waals surface area (Å²) >= 11 is 0. The van der Waals surface area contributed by atoms with Gasteiger partial charge in [-0.1, -0.05) is 6.92 Å². The topological polar surface area (TPSA) is 102 Å². The molecule has 0 spiro atoms. The number of anilines is 1. The maximum absolute atomic E-state index is 12.5. The molecule has 142 valence electrons. The van der Waals surface area contributed by atoms with Crippen molar-refractivity contribution in [3.05, 3.63) is 16.9 Å². The van der Waals surface area contributed by atoms with Crippen molar-refractivity contribution in [1.82, 2.24) is 9.97 Å². The van der Waals surface area contributed by atoms with Crippen LogP contribution in [0.1, 0.15) is 44.1 Å². The van der Waals surface area contributed by atoms with Gasteiger partial charge in [0.1, 0.15) is 11.6 Å². The summed E-state index contributed by atoms with van der Waals surface area (Å²) < 4.78 is 10.5. The summed E-state index contributed by atoms with van der Waals surface area (Å²) in [7, 11) is 6.52. The molecule has 1 fully saturated rings. The van der Waals surface area contributed by atoms with Gasteiger partial charge in [-0.2, -0.15) is 9.97 Å². The maximum atomic E-state index is 12.5. The number of ether oxygens (including phenoxy) is 2. The summed E-state index contributed by atoms with van der Waals surface area (Å²) in [6.07, 6.45) is 1.14. The Morgan fingerprint density at radius 1 is 1.15 bits per heavy atom. The number of ketones is 2. The summed E-state index contributed by atoms with van der Waals surface area (Å²) in [4.78, 5) is 35.4. The first-order valence-electron chi connectivity index (χ1n) is 8.49. The van der Waals surface area contributed by atoms with Crippen LogP contribution in [-0.2, 0) is 9.59 Å². The summed E-state index contributed by atoms with van der Waals surface area (Å²) in [5.41, 5.74) is 0.525. The molecule has 1 aliphatic carbocycles. The third kappa shape index (κ3) is 3.79. The third-order valence-corrected chi connectivity index (χ3v) is 4.27. The van der Waals surface area contributed by atoms with Gasteiger partial charge in [-0.15, -0.1) is 0 Å². The van der Waals surface area contributed by atoms with Gasteiger partial charge in [0.15, 0.2) is 11.6 Å². The minimum Gasteiger partial charge on any atom is -0.511 e. The van der Waals surface area contributed by atoms with Crippen LogP contribution in [0.15, 0.2) is 11.3 Å². The highest BCUT2D eigenvalue weighted by Gasteiger charge is 2.37. The summed E-state index contributed by atoms with van der Waals surface area (Å²) in [5, 5.41) is 10.0. The fourth-order valence-electron chi connectivity index (χ4n) is 3.13. The zero-order valence-electron chi connectivity index (χ0n) is 15.8. The molecule has 2 rings (SSSR count). The van der Waals surface area contributed by atoms with Gasteiger partial charge in [0, 0.05) is 39.3 Å². The highest BCUT2D eigenvalue weighted by Crippen LogP contribution is 2.41. The third-order valence-electron chi connectivity index (χ3n) is 4.27. The van der Waals surface area contributed by atoms with Gasteiger partial charge in [-0.25, -0.2) is 0 Å². The molecule has 1 heterocycles. The number of hydrogen-bond donors (Lipinski definition) is 1. The first-order chi connectivity index (χ1) is 12.3. The zero-order valence-corrected chi connectivity index (χ0v) is 15.8. The van der Waals surface area contributed by atoms with E-state index in [-0.39, 0.29) is 47.6 Å². The molecular formula is C18H25N3O5. The Kier molecular flexibility index (Phi) is 6.18. The highest BCUT2D eigenvalue weighted by molar-refractivity contribution is 6.22. The number of carbonyl (C=O) groups excluding carboxylic acids is 2. The monoisotopic (exact) mass is 363 g/mol. The quantitative estimate of drug-likeness (QED) is 0.466. The summed E-state index contributed by atoms with van der Waals surface area (Å²) in [6.45, 7) is 1.88. The van der Waals surface area contributed by atoms with E-state index in [0.717, 1.165) is 0 Å². The number of aliphatic hydroxyl groups is 1. The molecular weight excluding hydrogens is 338 g/mol. The van der Waals surface area contributed by atoms with Gasteiger partial charge in [0.25, 0.3) is 0 Å². The molecule has 0 bridgehead atoms. The van der Waals surface area contributed by atoms with Crippen LogP contribution >= 0.6 is 0 Å². The van der Waals surface area contributed by atoms with E-state index in [2.05, 4.69) is 9.97 Å². The molecule has 0 unspecified atom stereocenters. The van der Waals surface area contributed by atoms with Gasteiger partial charge in [0.2, 0.25) is 5.88 Å². The molecule has 26 heavy (non-hydrogen) atoms. The van der Waals surface area contributed by atoms with E-state index in [1.165, 1.54) is 14.2 Å². The number of aliphatic hydroxyl groups excluding tert-OH is 1. The average molecular weight is 363 g/mol. The van der Waals surface area contributed by atoms with Crippen LogP contribution < -0.4 is 14.4 Å². The van der Waals surface area contributed by atoms with E-state index in [1.807, 2.05) is 6.92 Å². The first kappa shape index (κ1) is 19.7. The number of carbonyl (C=O) groups is 2. The van der Waals surface area contributed by atoms with Crippen molar-refractivity contribution >= 4 is 17.4 Å². The first-order valence-corrected chi connectivity index (χ1v) is 8.49. The van der Waals surface area contributed by atoms with Crippen molar-refractivity contribution in [2.75, 3.05) is 33.2 Å². The minimum atomic E-state index is -0.425. The lowest BCUT2D eigenvalue weighted by Crippen LogP contribution is -2.28. The Balaban J connectivity index is 2.49. The van der Waals surface area contributed by atoms with Crippen LogP contribution in [0.3, 0.4) is 0 Å². The second-order valence-corrected chi connectivity index (χ2v) is 6.37. The van der Waals surface area contributed by atoms with Crippen molar-refractivity contribution in [3.8, 4) is 11.9 Å². The van der Waals surface area contributed by atoms with Crippen LogP contribution in [0.4, 0.5) is 5.82 Å². The molecule has 8 nitrogen and oxygen atoms in total. The molecule has 1 aromatic rings. The van der Waals surface area contributed by atoms with Crippen LogP contribution in [0, 0.1) is 0 Å². The van der Waals surface area contributed by atoms with Crippen LogP contribution in [0.2, 0.25) is 0 Å². The van der Waals surface area contributed by atoms with Crippen LogP contribution in [0.25, 0.3) is 0 Å². The second-order valence-electron chi connectivity index (χ2n) is 6.37. The van der Waals surface area contributed by atoms with E-state index in [1.54, 1.807) is 19.0 Å². The van der Waals surface area contributed by atoms with Crippen molar-refractivity contribution in [3.63, 3.8) is 0 Å². The zero-order chi connectivity index (χ0) is 19.4. The van der Waals surface area contributed by atoms with Gasteiger partial charge in [0.05, 0.1) is 25.4 Å². The number of nitrogens with zero attached hydrogens (tertiary/aromatic N) is 3. The van der Waals surface area contributed by atoms with E-state index >= 15 is 0 Å². The molecule has 1 aromatic heterocycles. The molecule has 0 aliphatic heterocycles. The standard InChI is InChI=1S/C18H25N3O5/c1-6-7-11(22)15-12(23)8-10(9-13(15)24)14-16(21(2)3)19-18(26-5)20-17(14)25-4/h10,22H,6-9H2,1-5H3. The minimum absolute atomic E-state index is 0.0668. The lowest BCUT2D eigenvalue weighted by Gasteiger charge is -2.27. The Morgan fingerprint density at radius 3 is 2.23 bits per heavy atom. The number of Topliss-reactive ketones (excluding diaryl/α,β-unsaturated/α-hetero) is 2. The number of methoxy groups -OCH3 is 2. The SMILES string of the molecule is CCCC(O)=C1C(=O)CC(c2c(OC)nc(OC)nc2N(C)C)CC1=O. The number of allylic oxidation sites excluding steroid dienone is 2. The Morgan fingerprint density at radius 2 is 1.77 bits per heavy atom. The van der Waals surface area contributed by atoms with Crippen LogP contribution in [-0.4, -0.2) is 55.0 Å². The van der Waals surface area contributed by atoms with E-state index in [9.17, 15) is 14.7 Å². The summed E-state index contributed by atoms with van der Waals surface area (Å²) in [6, 6.07) is 0.143. The molecule has 0 saturated heterocycles. The fraction of sp³-hybridized carbons (Fsp3) is 0.556. The maximum Gasteiger partial charge on any atom is 0.321 e. The Labute approximate surface area is 152 Å². The predicted octanol–water partition coefficient (Wildman–Crippen LogP) is 2.19. The van der Waals surface area contributed by atoms with E-state index < -0.39 is 5.92 Å². The Hall–Kier alpha value is -2.64. The molecule has 0 amide bonds. The van der Waals surface area contributed by atoms with Gasteiger partial charge in [-0.3, -0.25) is 9.59 Å². The molecule has 1 aliphatic rings. The average Bonchev–Trinajstić information content (AvgIpc) is 2.59. The van der Waals surface area contributed by atoms with Gasteiger partial charge < -0.3 is 19.5 Å². The molecule has 0 radical (unpaired) electrons. The molecule has 1 N–H and O–H groups in total. The number of hydrogen-bond acceptors (Lipinski definition) is 8. The fourth-order valence-corrected chi connectivity index (χ4v) is 3.13. The lowest BCUT2D eigenvalue weighted by molar-refractivity contribution is -0.124. The van der Waals surface area contributed by atoms with Crippen molar-refractivity contribution in [2.24, 2.45) is 0 Å². The molecule has 0 atom stereocenters. The van der Waals surface area contributed by atoms with Crippen LogP contribution in [0.5, 0.6) is 11.9 Å². The molecule has 0 aromatic carbocycles. The largest absolute Gasteiger partial charge is 0.511 e. The number of rotatable bonds is 6. The van der Waals surface area contributed by atoms with E-state index in [4.69, 9.17) is 9.47 Å². The Bertz CT molecular complexity index is 723. The van der Waals surface area contributed by atoms with E-state index in [0.29, 0.717) is 24.2 Å². The lowest BCUT2D eigenvalue weighted by atomic mass is 9.79. The highest BCUT2D eigenvalue weighted by atomic mass is 16.5. The normalized spacial score (nSPS) is 17.3. The smallest absolute Gasteiger partial charge is 0.321 e. The van der Waals surface area contributed by atoms with Gasteiger partial charge in [-0.05, 0) is 6.42 Å². The van der Waals surface area contributed by atoms with Crippen molar-refractivity contribution in [1.29, 1.82) is 0 Å².